The van der Waals surface area contributed by atoms with Gasteiger partial charge in [0, 0.05) is 5.39 Å². The van der Waals surface area contributed by atoms with Crippen molar-refractivity contribution >= 4 is 16.9 Å². The van der Waals surface area contributed by atoms with E-state index >= 15 is 0 Å². The van der Waals surface area contributed by atoms with Gasteiger partial charge in [0.15, 0.2) is 11.6 Å². The molecule has 0 saturated heterocycles. The lowest BCUT2D eigenvalue weighted by molar-refractivity contribution is 0.0936. The molecule has 0 aliphatic rings. The lowest BCUT2D eigenvalue weighted by Crippen LogP contribution is -2.30. The van der Waals surface area contributed by atoms with Gasteiger partial charge < -0.3 is 14.5 Å². The maximum absolute atomic E-state index is 13.8. The maximum atomic E-state index is 13.8. The zero-order valence-electron chi connectivity index (χ0n) is 13.7. The highest BCUT2D eigenvalue weighted by Crippen LogP contribution is 2.22. The number of rotatable bonds is 4. The predicted molar refractivity (Wildman–Crippen MR) is 91.3 cm³/mol. The molecule has 1 atom stereocenters. The Labute approximate surface area is 143 Å². The molecule has 6 heteroatoms. The van der Waals surface area contributed by atoms with Crippen LogP contribution in [-0.4, -0.2) is 13.0 Å². The molecule has 0 saturated carbocycles. The fourth-order valence-electron chi connectivity index (χ4n) is 2.53. The van der Waals surface area contributed by atoms with Crippen molar-refractivity contribution in [3.63, 3.8) is 0 Å². The van der Waals surface area contributed by atoms with Crippen LogP contribution in [0.5, 0.6) is 5.75 Å². The number of carbonyl (C=O) groups is 1. The molecule has 0 bridgehead atoms. The summed E-state index contributed by atoms with van der Waals surface area (Å²) in [6, 6.07) is 12.3. The van der Waals surface area contributed by atoms with Gasteiger partial charge in [0.2, 0.25) is 0 Å². The lowest BCUT2D eigenvalue weighted by atomic mass is 10.1. The SMILES string of the molecule is COc1ccc(C(C)NC(=O)c2cc3ccccc3oc2=O)cc1F. The molecule has 2 aromatic carbocycles. The quantitative estimate of drug-likeness (QED) is 0.738. The third kappa shape index (κ3) is 3.38. The average Bonchev–Trinajstić information content (AvgIpc) is 2.60. The second-order valence-electron chi connectivity index (χ2n) is 5.57. The minimum Gasteiger partial charge on any atom is -0.494 e. The molecular weight excluding hydrogens is 325 g/mol. The van der Waals surface area contributed by atoms with Crippen LogP contribution in [0.2, 0.25) is 0 Å². The van der Waals surface area contributed by atoms with Crippen LogP contribution in [-0.2, 0) is 0 Å². The summed E-state index contributed by atoms with van der Waals surface area (Å²) in [4.78, 5) is 24.4. The molecule has 1 heterocycles. The van der Waals surface area contributed by atoms with Crippen molar-refractivity contribution in [2.75, 3.05) is 7.11 Å². The summed E-state index contributed by atoms with van der Waals surface area (Å²) in [6.45, 7) is 1.70. The number of carbonyl (C=O) groups excluding carboxylic acids is 1. The molecular formula is C19H16FNO4. The first-order valence-corrected chi connectivity index (χ1v) is 7.67. The first-order valence-electron chi connectivity index (χ1n) is 7.67. The third-order valence-corrected chi connectivity index (χ3v) is 3.91. The standard InChI is InChI=1S/C19H16FNO4/c1-11(12-7-8-17(24-2)15(20)10-12)21-18(22)14-9-13-5-3-4-6-16(13)25-19(14)23/h3-11H,1-2H3,(H,21,22). The van der Waals surface area contributed by atoms with E-state index in [0.29, 0.717) is 16.5 Å². The fraction of sp³-hybridized carbons (Fsp3) is 0.158. The van der Waals surface area contributed by atoms with Crippen molar-refractivity contribution in [2.45, 2.75) is 13.0 Å². The van der Waals surface area contributed by atoms with Gasteiger partial charge >= 0.3 is 5.63 Å². The predicted octanol–water partition coefficient (Wildman–Crippen LogP) is 3.43. The smallest absolute Gasteiger partial charge is 0.349 e. The molecule has 0 spiro atoms. The number of fused-ring (bicyclic) bond motifs is 1. The fourth-order valence-corrected chi connectivity index (χ4v) is 2.53. The summed E-state index contributed by atoms with van der Waals surface area (Å²) in [6.07, 6.45) is 0. The van der Waals surface area contributed by atoms with E-state index < -0.39 is 23.4 Å². The topological polar surface area (TPSA) is 68.5 Å². The van der Waals surface area contributed by atoms with Crippen molar-refractivity contribution in [1.29, 1.82) is 0 Å². The number of benzene rings is 2. The molecule has 1 N–H and O–H groups in total. The molecule has 0 fully saturated rings. The monoisotopic (exact) mass is 341 g/mol. The van der Waals surface area contributed by atoms with Gasteiger partial charge in [0.05, 0.1) is 13.2 Å². The molecule has 1 unspecified atom stereocenters. The second-order valence-corrected chi connectivity index (χ2v) is 5.57. The highest BCUT2D eigenvalue weighted by atomic mass is 19.1. The Morgan fingerprint density at radius 2 is 1.96 bits per heavy atom. The van der Waals surface area contributed by atoms with Crippen molar-refractivity contribution < 1.29 is 18.3 Å². The highest BCUT2D eigenvalue weighted by Gasteiger charge is 2.17. The van der Waals surface area contributed by atoms with Gasteiger partial charge in [-0.25, -0.2) is 9.18 Å². The Kier molecular flexibility index (Phi) is 4.52. The van der Waals surface area contributed by atoms with Gasteiger partial charge in [-0.3, -0.25) is 4.79 Å². The normalized spacial score (nSPS) is 12.0. The Hall–Kier alpha value is -3.15. The Bertz CT molecular complexity index is 996. The van der Waals surface area contributed by atoms with Crippen LogP contribution in [0.4, 0.5) is 4.39 Å². The number of hydrogen-bond donors (Lipinski definition) is 1. The van der Waals surface area contributed by atoms with E-state index in [1.165, 1.54) is 25.3 Å². The van der Waals surface area contributed by atoms with Crippen molar-refractivity contribution in [2.24, 2.45) is 0 Å². The van der Waals surface area contributed by atoms with Crippen LogP contribution in [0.15, 0.2) is 57.7 Å². The van der Waals surface area contributed by atoms with E-state index in [9.17, 15) is 14.0 Å². The molecule has 3 rings (SSSR count). The van der Waals surface area contributed by atoms with E-state index in [2.05, 4.69) is 5.32 Å². The van der Waals surface area contributed by atoms with Crippen LogP contribution < -0.4 is 15.7 Å². The molecule has 128 valence electrons. The number of nitrogens with one attached hydrogen (secondary N) is 1. The minimum atomic E-state index is -0.718. The zero-order valence-corrected chi connectivity index (χ0v) is 13.7. The molecule has 5 nitrogen and oxygen atoms in total. The highest BCUT2D eigenvalue weighted by molar-refractivity contribution is 5.96. The third-order valence-electron chi connectivity index (χ3n) is 3.91. The van der Waals surface area contributed by atoms with Gasteiger partial charge in [-0.05, 0) is 36.8 Å². The van der Waals surface area contributed by atoms with E-state index in [-0.39, 0.29) is 11.3 Å². The van der Waals surface area contributed by atoms with E-state index in [1.807, 2.05) is 0 Å². The van der Waals surface area contributed by atoms with Crippen LogP contribution in [0, 0.1) is 5.82 Å². The second kappa shape index (κ2) is 6.76. The molecule has 1 aromatic heterocycles. The first-order chi connectivity index (χ1) is 12.0. The van der Waals surface area contributed by atoms with Gasteiger partial charge in [-0.2, -0.15) is 0 Å². The zero-order chi connectivity index (χ0) is 18.0. The number of ether oxygens (including phenoxy) is 1. The van der Waals surface area contributed by atoms with Crippen molar-refractivity contribution in [1.82, 2.24) is 5.32 Å². The van der Waals surface area contributed by atoms with Crippen LogP contribution in [0.1, 0.15) is 28.9 Å². The van der Waals surface area contributed by atoms with Gasteiger partial charge in [-0.15, -0.1) is 0 Å². The van der Waals surface area contributed by atoms with Crippen LogP contribution in [0.25, 0.3) is 11.0 Å². The Morgan fingerprint density at radius 3 is 2.68 bits per heavy atom. The van der Waals surface area contributed by atoms with Crippen LogP contribution in [0.3, 0.4) is 0 Å². The summed E-state index contributed by atoms with van der Waals surface area (Å²) < 4.78 is 23.8. The molecule has 3 aromatic rings. The molecule has 0 aliphatic carbocycles. The van der Waals surface area contributed by atoms with Gasteiger partial charge in [-0.1, -0.05) is 24.3 Å². The Balaban J connectivity index is 1.85. The number of halogens is 1. The van der Waals surface area contributed by atoms with Crippen LogP contribution >= 0.6 is 0 Å². The van der Waals surface area contributed by atoms with E-state index in [1.54, 1.807) is 37.3 Å². The first kappa shape index (κ1) is 16.7. The van der Waals surface area contributed by atoms with Gasteiger partial charge in [0.1, 0.15) is 11.1 Å². The molecule has 0 radical (unpaired) electrons. The van der Waals surface area contributed by atoms with E-state index in [0.717, 1.165) is 0 Å². The summed E-state index contributed by atoms with van der Waals surface area (Å²) in [5.41, 5.74) is 0.148. The number of para-hydroxylation sites is 1. The lowest BCUT2D eigenvalue weighted by Gasteiger charge is -2.15. The molecule has 25 heavy (non-hydrogen) atoms. The van der Waals surface area contributed by atoms with Crippen molar-refractivity contribution in [3.8, 4) is 5.75 Å². The summed E-state index contributed by atoms with van der Waals surface area (Å²) in [5, 5.41) is 3.32. The number of methoxy groups -OCH3 is 1. The molecule has 1 amide bonds. The maximum Gasteiger partial charge on any atom is 0.349 e. The largest absolute Gasteiger partial charge is 0.494 e. The summed E-state index contributed by atoms with van der Waals surface area (Å²) >= 11 is 0. The van der Waals surface area contributed by atoms with Gasteiger partial charge in [0.25, 0.3) is 5.91 Å². The van der Waals surface area contributed by atoms with E-state index in [4.69, 9.17) is 9.15 Å². The number of hydrogen-bond acceptors (Lipinski definition) is 4. The molecule has 0 aliphatic heterocycles. The minimum absolute atomic E-state index is 0.0977. The van der Waals surface area contributed by atoms with Crippen molar-refractivity contribution in [3.05, 3.63) is 75.9 Å². The number of amides is 1. The average molecular weight is 341 g/mol. The summed E-state index contributed by atoms with van der Waals surface area (Å²) in [5.74, 6) is -0.980. The summed E-state index contributed by atoms with van der Waals surface area (Å²) in [7, 11) is 1.38. The Morgan fingerprint density at radius 1 is 1.20 bits per heavy atom.